The fourth-order valence-corrected chi connectivity index (χ4v) is 4.65. The molecule has 0 radical (unpaired) electrons. The number of allylic oxidation sites excluding steroid dienone is 3. The van der Waals surface area contributed by atoms with Crippen molar-refractivity contribution >= 4 is 23.0 Å². The standard InChI is InChI=1S/C26H30FN3O3/c1-7-26(5,6)24(15-9-8-12(2)13(15)3)30-21-20(22(31)23(21)32)29-19-17(27)11-10-16-14(4)28-25(33)18(16)19/h8-11,13-14,24,29-30H,7H2,1-6H3,(H,28,33)/t13?,14-,24-/m0/s1. The van der Waals surface area contributed by atoms with E-state index >= 15 is 0 Å². The lowest BCUT2D eigenvalue weighted by molar-refractivity contribution is 0.0959. The first kappa shape index (κ1) is 23.0. The molecule has 2 aliphatic rings. The van der Waals surface area contributed by atoms with E-state index in [4.69, 9.17) is 0 Å². The maximum absolute atomic E-state index is 14.8. The summed E-state index contributed by atoms with van der Waals surface area (Å²) in [7, 11) is 0. The summed E-state index contributed by atoms with van der Waals surface area (Å²) in [5, 5.41) is 8.86. The first-order valence-corrected chi connectivity index (χ1v) is 11.4. The Morgan fingerprint density at radius 3 is 2.33 bits per heavy atom. The molecule has 3 atom stereocenters. The molecule has 0 bridgehead atoms. The van der Waals surface area contributed by atoms with Crippen molar-refractivity contribution in [2.75, 3.05) is 10.6 Å². The number of nitrogens with one attached hydrogen (secondary N) is 3. The minimum absolute atomic E-state index is 0.00696. The summed E-state index contributed by atoms with van der Waals surface area (Å²) in [6.07, 6.45) is 4.98. The van der Waals surface area contributed by atoms with Crippen LogP contribution in [0.5, 0.6) is 0 Å². The molecular formula is C26H30FN3O3. The van der Waals surface area contributed by atoms with Crippen molar-refractivity contribution in [3.63, 3.8) is 0 Å². The lowest BCUT2D eigenvalue weighted by Crippen LogP contribution is -2.45. The monoisotopic (exact) mass is 451 g/mol. The Morgan fingerprint density at radius 1 is 1.06 bits per heavy atom. The highest BCUT2D eigenvalue weighted by atomic mass is 19.1. The zero-order valence-electron chi connectivity index (χ0n) is 19.9. The normalized spacial score (nSPS) is 20.9. The van der Waals surface area contributed by atoms with Gasteiger partial charge < -0.3 is 16.0 Å². The van der Waals surface area contributed by atoms with Gasteiger partial charge in [0, 0.05) is 5.92 Å². The Balaban J connectivity index is 1.73. The van der Waals surface area contributed by atoms with Gasteiger partial charge >= 0.3 is 0 Å². The topological polar surface area (TPSA) is 87.3 Å². The molecule has 2 aromatic rings. The molecule has 7 heteroatoms. The van der Waals surface area contributed by atoms with Crippen LogP contribution in [0.3, 0.4) is 0 Å². The summed E-state index contributed by atoms with van der Waals surface area (Å²) in [5.41, 5.74) is 1.64. The first-order valence-electron chi connectivity index (χ1n) is 11.4. The van der Waals surface area contributed by atoms with Crippen LogP contribution in [0.25, 0.3) is 0 Å². The van der Waals surface area contributed by atoms with Crippen LogP contribution in [0.1, 0.15) is 69.9 Å². The maximum atomic E-state index is 14.8. The number of halogens is 1. The highest BCUT2D eigenvalue weighted by molar-refractivity contribution is 6.05. The molecule has 0 saturated carbocycles. The second-order valence-electron chi connectivity index (χ2n) is 9.83. The summed E-state index contributed by atoms with van der Waals surface area (Å²) >= 11 is 0. The number of hydrogen-bond acceptors (Lipinski definition) is 5. The van der Waals surface area contributed by atoms with Crippen LogP contribution in [0.2, 0.25) is 0 Å². The van der Waals surface area contributed by atoms with Gasteiger partial charge in [0.25, 0.3) is 16.8 Å². The van der Waals surface area contributed by atoms with Crippen LogP contribution in [0.15, 0.2) is 45.0 Å². The van der Waals surface area contributed by atoms with Gasteiger partial charge in [-0.2, -0.15) is 0 Å². The predicted octanol–water partition coefficient (Wildman–Crippen LogP) is 4.71. The van der Waals surface area contributed by atoms with Gasteiger partial charge in [0.1, 0.15) is 17.2 Å². The molecule has 1 heterocycles. The van der Waals surface area contributed by atoms with E-state index in [0.717, 1.165) is 12.0 Å². The molecule has 33 heavy (non-hydrogen) atoms. The average Bonchev–Trinajstić information content (AvgIpc) is 3.26. The Kier molecular flexibility index (Phi) is 5.55. The van der Waals surface area contributed by atoms with Gasteiger partial charge in [-0.05, 0) is 42.9 Å². The van der Waals surface area contributed by atoms with Gasteiger partial charge in [0.05, 0.1) is 23.3 Å². The van der Waals surface area contributed by atoms with E-state index in [2.05, 4.69) is 62.7 Å². The Labute approximate surface area is 192 Å². The summed E-state index contributed by atoms with van der Waals surface area (Å²) in [4.78, 5) is 37.5. The van der Waals surface area contributed by atoms with Gasteiger partial charge in [0.15, 0.2) is 0 Å². The van der Waals surface area contributed by atoms with Crippen LogP contribution in [-0.4, -0.2) is 11.9 Å². The van der Waals surface area contributed by atoms with Crippen LogP contribution < -0.4 is 26.8 Å². The average molecular weight is 452 g/mol. The maximum Gasteiger partial charge on any atom is 0.254 e. The summed E-state index contributed by atoms with van der Waals surface area (Å²) in [5.74, 6) is -0.866. The molecule has 2 aromatic carbocycles. The molecule has 1 aliphatic carbocycles. The molecule has 1 unspecified atom stereocenters. The van der Waals surface area contributed by atoms with Crippen molar-refractivity contribution < 1.29 is 9.18 Å². The quantitative estimate of drug-likeness (QED) is 0.531. The zero-order chi connectivity index (χ0) is 24.2. The van der Waals surface area contributed by atoms with Crippen LogP contribution in [0, 0.1) is 17.2 Å². The van der Waals surface area contributed by atoms with E-state index in [9.17, 15) is 18.8 Å². The fraction of sp³-hybridized carbons (Fsp3) is 0.423. The van der Waals surface area contributed by atoms with Crippen molar-refractivity contribution in [3.05, 3.63) is 72.8 Å². The SMILES string of the molecule is CCC(C)(C)[C@@H](Nc1c(Nc2c(F)ccc3c2C(=O)N[C@H]3C)c(=O)c1=O)C1=CC=C(C)C1C. The van der Waals surface area contributed by atoms with E-state index in [1.54, 1.807) is 13.0 Å². The number of carbonyl (C=O) groups excluding carboxylic acids is 1. The third-order valence-electron chi connectivity index (χ3n) is 7.42. The number of rotatable bonds is 7. The van der Waals surface area contributed by atoms with Crippen LogP contribution >= 0.6 is 0 Å². The van der Waals surface area contributed by atoms with Gasteiger partial charge in [-0.3, -0.25) is 14.4 Å². The molecule has 0 aromatic heterocycles. The lowest BCUT2D eigenvalue weighted by Gasteiger charge is -2.38. The van der Waals surface area contributed by atoms with Crippen molar-refractivity contribution in [2.45, 2.75) is 60.0 Å². The second kappa shape index (κ2) is 7.97. The van der Waals surface area contributed by atoms with E-state index in [1.165, 1.54) is 11.6 Å². The highest BCUT2D eigenvalue weighted by Crippen LogP contribution is 2.41. The minimum atomic E-state index is -0.725. The van der Waals surface area contributed by atoms with E-state index in [0.29, 0.717) is 5.56 Å². The van der Waals surface area contributed by atoms with Crippen molar-refractivity contribution in [2.24, 2.45) is 11.3 Å². The molecule has 1 aliphatic heterocycles. The molecule has 3 N–H and O–H groups in total. The Morgan fingerprint density at radius 2 is 1.73 bits per heavy atom. The second-order valence-corrected chi connectivity index (χ2v) is 9.83. The largest absolute Gasteiger partial charge is 0.373 e. The molecule has 0 saturated heterocycles. The number of anilines is 3. The highest BCUT2D eigenvalue weighted by Gasteiger charge is 2.38. The molecule has 6 nitrogen and oxygen atoms in total. The third-order valence-corrected chi connectivity index (χ3v) is 7.42. The van der Waals surface area contributed by atoms with Gasteiger partial charge in [-0.25, -0.2) is 4.39 Å². The van der Waals surface area contributed by atoms with Gasteiger partial charge in [-0.15, -0.1) is 0 Å². The van der Waals surface area contributed by atoms with E-state index in [-0.39, 0.29) is 46.0 Å². The van der Waals surface area contributed by atoms with Crippen LogP contribution in [0.4, 0.5) is 21.5 Å². The van der Waals surface area contributed by atoms with E-state index < -0.39 is 22.6 Å². The molecule has 1 amide bonds. The first-order chi connectivity index (χ1) is 15.5. The smallest absolute Gasteiger partial charge is 0.254 e. The zero-order valence-corrected chi connectivity index (χ0v) is 19.9. The Hall–Kier alpha value is -3.22. The third kappa shape index (κ3) is 3.59. The molecular weight excluding hydrogens is 421 g/mol. The Bertz CT molecular complexity index is 1280. The number of hydrogen-bond donors (Lipinski definition) is 3. The minimum Gasteiger partial charge on any atom is -0.373 e. The predicted molar refractivity (Wildman–Crippen MR) is 129 cm³/mol. The van der Waals surface area contributed by atoms with Crippen LogP contribution in [-0.2, 0) is 0 Å². The van der Waals surface area contributed by atoms with Gasteiger partial charge in [-0.1, -0.05) is 51.5 Å². The van der Waals surface area contributed by atoms with Gasteiger partial charge in [0.2, 0.25) is 0 Å². The summed E-state index contributed by atoms with van der Waals surface area (Å²) < 4.78 is 14.8. The molecule has 174 valence electrons. The number of benzene rings is 1. The molecule has 0 fully saturated rings. The fourth-order valence-electron chi connectivity index (χ4n) is 4.65. The molecule has 0 spiro atoms. The number of fused-ring (bicyclic) bond motifs is 1. The number of amides is 1. The number of carbonyl (C=O) groups is 1. The summed E-state index contributed by atoms with van der Waals surface area (Å²) in [6.45, 7) is 12.3. The van der Waals surface area contributed by atoms with Crippen molar-refractivity contribution in [1.29, 1.82) is 0 Å². The lowest BCUT2D eigenvalue weighted by atomic mass is 9.74. The van der Waals surface area contributed by atoms with Crippen molar-refractivity contribution in [3.8, 4) is 0 Å². The summed E-state index contributed by atoms with van der Waals surface area (Å²) in [6, 6.07) is 2.35. The van der Waals surface area contributed by atoms with E-state index in [1.807, 2.05) is 0 Å². The van der Waals surface area contributed by atoms with Crippen molar-refractivity contribution in [1.82, 2.24) is 5.32 Å². The molecule has 4 rings (SSSR count).